The van der Waals surface area contributed by atoms with E-state index in [9.17, 15) is 28.8 Å². The van der Waals surface area contributed by atoms with E-state index in [1.54, 1.807) is 12.1 Å². The van der Waals surface area contributed by atoms with Crippen molar-refractivity contribution in [3.05, 3.63) is 71.3 Å². The monoisotopic (exact) mass is 732 g/mol. The van der Waals surface area contributed by atoms with Gasteiger partial charge in [0.2, 0.25) is 11.8 Å². The Hall–Kier alpha value is -4.82. The number of carbonyl (C=O) groups is 6. The van der Waals surface area contributed by atoms with Gasteiger partial charge in [0.1, 0.15) is 12.6 Å². The standard InChI is InChI=1S/C39H52N6O8/c1-39(2,3)43-36(49)31-20-28-11-7-8-12-29(28)23-44(31)24-32(30(40)19-25-9-5-4-6-10-25)52-38(51)42-22-33(46)41-21-26-13-15-27(16-14-26)37(50)53-45-34(47)17-18-35(45)48/h4-6,9-10,13-16,28-32H,7-8,11-12,17-24,40H2,1-3H3,(H,41,46)(H,42,51)(H,43,49)/t28-,29+,30-,31-,32+/m0/s1. The Kier molecular flexibility index (Phi) is 13.2. The first-order chi connectivity index (χ1) is 25.3. The van der Waals surface area contributed by atoms with Gasteiger partial charge in [-0.05, 0) is 75.1 Å². The molecule has 5 atom stereocenters. The minimum absolute atomic E-state index is 0.00259. The summed E-state index contributed by atoms with van der Waals surface area (Å²) in [7, 11) is 0. The van der Waals surface area contributed by atoms with Crippen LogP contribution in [0.15, 0.2) is 54.6 Å². The number of carbonyl (C=O) groups excluding carboxylic acids is 6. The summed E-state index contributed by atoms with van der Waals surface area (Å²) in [6.07, 6.45) is 4.17. The number of hydroxylamine groups is 2. The zero-order chi connectivity index (χ0) is 38.1. The summed E-state index contributed by atoms with van der Waals surface area (Å²) >= 11 is 0. The fraction of sp³-hybridized carbons (Fsp3) is 0.538. The molecule has 14 nitrogen and oxygen atoms in total. The predicted octanol–water partition coefficient (Wildman–Crippen LogP) is 2.98. The average molecular weight is 733 g/mol. The third kappa shape index (κ3) is 11.3. The van der Waals surface area contributed by atoms with Gasteiger partial charge in [-0.15, -0.1) is 5.06 Å². The summed E-state index contributed by atoms with van der Waals surface area (Å²) in [5, 5.41) is 8.88. The molecule has 2 heterocycles. The number of fused-ring (bicyclic) bond motifs is 1. The molecule has 1 saturated carbocycles. The van der Waals surface area contributed by atoms with E-state index < -0.39 is 47.5 Å². The van der Waals surface area contributed by atoms with E-state index >= 15 is 0 Å². The average Bonchev–Trinajstić information content (AvgIpc) is 3.44. The smallest absolute Gasteiger partial charge is 0.407 e. The first-order valence-electron chi connectivity index (χ1n) is 18.5. The maximum atomic E-state index is 13.6. The molecule has 53 heavy (non-hydrogen) atoms. The molecule has 2 aromatic carbocycles. The molecule has 5 N–H and O–H groups in total. The molecular formula is C39H52N6O8. The fourth-order valence-electron chi connectivity index (χ4n) is 7.28. The number of rotatable bonds is 13. The number of imide groups is 1. The summed E-state index contributed by atoms with van der Waals surface area (Å²) in [5.74, 6) is -1.57. The van der Waals surface area contributed by atoms with Crippen molar-refractivity contribution in [2.75, 3.05) is 19.6 Å². The summed E-state index contributed by atoms with van der Waals surface area (Å²) in [6.45, 7) is 6.62. The number of benzene rings is 2. The van der Waals surface area contributed by atoms with E-state index in [1.807, 2.05) is 51.1 Å². The van der Waals surface area contributed by atoms with Crippen LogP contribution >= 0.6 is 0 Å². The van der Waals surface area contributed by atoms with Crippen LogP contribution in [0.4, 0.5) is 4.79 Å². The van der Waals surface area contributed by atoms with Crippen LogP contribution < -0.4 is 21.7 Å². The molecule has 3 aliphatic rings. The van der Waals surface area contributed by atoms with Crippen LogP contribution in [-0.4, -0.2) is 89.0 Å². The highest BCUT2D eigenvalue weighted by Crippen LogP contribution is 2.39. The van der Waals surface area contributed by atoms with E-state index in [1.165, 1.54) is 18.6 Å². The summed E-state index contributed by atoms with van der Waals surface area (Å²) in [5.41, 5.74) is 8.12. The molecule has 5 rings (SSSR count). The number of nitrogens with two attached hydrogens (primary N) is 1. The summed E-state index contributed by atoms with van der Waals surface area (Å²) in [6, 6.07) is 14.8. The van der Waals surface area contributed by atoms with Gasteiger partial charge >= 0.3 is 12.1 Å². The molecule has 2 saturated heterocycles. The summed E-state index contributed by atoms with van der Waals surface area (Å²) in [4.78, 5) is 82.4. The van der Waals surface area contributed by atoms with Crippen molar-refractivity contribution in [2.45, 2.75) is 102 Å². The van der Waals surface area contributed by atoms with Crippen LogP contribution in [0.5, 0.6) is 0 Å². The van der Waals surface area contributed by atoms with Gasteiger partial charge in [0.05, 0.1) is 11.6 Å². The topological polar surface area (TPSA) is 189 Å². The molecule has 286 valence electrons. The number of amides is 5. The number of likely N-dealkylation sites (tertiary alicyclic amines) is 1. The second-order valence-electron chi connectivity index (χ2n) is 15.3. The highest BCUT2D eigenvalue weighted by atomic mass is 16.7. The SMILES string of the molecule is CC(C)(C)NC(=O)[C@@H]1C[C@@H]2CCCC[C@@H]2CN1C[C@@H](OC(=O)NCC(=O)NCc1ccc(C(=O)ON2C(=O)CCC2=O)cc1)[C@@H](N)Cc1ccccc1. The van der Waals surface area contributed by atoms with E-state index in [2.05, 4.69) is 20.9 Å². The van der Waals surface area contributed by atoms with Crippen LogP contribution in [-0.2, 0) is 41.7 Å². The molecule has 0 radical (unpaired) electrons. The van der Waals surface area contributed by atoms with E-state index in [0.29, 0.717) is 28.9 Å². The highest BCUT2D eigenvalue weighted by molar-refractivity contribution is 6.02. The van der Waals surface area contributed by atoms with Gasteiger partial charge in [-0.2, -0.15) is 0 Å². The molecule has 3 fully saturated rings. The Bertz CT molecular complexity index is 1610. The Morgan fingerprint density at radius 3 is 2.21 bits per heavy atom. The van der Waals surface area contributed by atoms with Gasteiger partial charge in [0.25, 0.3) is 11.8 Å². The number of hydrogen-bond donors (Lipinski definition) is 4. The van der Waals surface area contributed by atoms with E-state index in [0.717, 1.165) is 37.8 Å². The van der Waals surface area contributed by atoms with E-state index in [4.69, 9.17) is 15.3 Å². The second kappa shape index (κ2) is 17.8. The molecule has 14 heteroatoms. The molecule has 2 aliphatic heterocycles. The lowest BCUT2D eigenvalue weighted by molar-refractivity contribution is -0.172. The number of nitrogens with zero attached hydrogens (tertiary/aromatic N) is 2. The zero-order valence-electron chi connectivity index (χ0n) is 30.8. The molecule has 1 aliphatic carbocycles. The van der Waals surface area contributed by atoms with Crippen molar-refractivity contribution in [3.63, 3.8) is 0 Å². The molecule has 0 aromatic heterocycles. The van der Waals surface area contributed by atoms with Crippen molar-refractivity contribution >= 4 is 35.7 Å². The molecule has 5 amide bonds. The van der Waals surface area contributed by atoms with Gasteiger partial charge in [-0.25, -0.2) is 9.59 Å². The Morgan fingerprint density at radius 2 is 1.55 bits per heavy atom. The normalized spacial score (nSPS) is 21.6. The number of hydrogen-bond acceptors (Lipinski definition) is 10. The van der Waals surface area contributed by atoms with Crippen molar-refractivity contribution in [3.8, 4) is 0 Å². The minimum Gasteiger partial charge on any atom is -0.443 e. The van der Waals surface area contributed by atoms with Crippen molar-refractivity contribution in [1.82, 2.24) is 25.9 Å². The van der Waals surface area contributed by atoms with E-state index in [-0.39, 0.29) is 50.0 Å². The van der Waals surface area contributed by atoms with Crippen LogP contribution in [0, 0.1) is 11.8 Å². The predicted molar refractivity (Wildman–Crippen MR) is 195 cm³/mol. The maximum absolute atomic E-state index is 13.6. The first kappa shape index (κ1) is 39.4. The molecular weight excluding hydrogens is 680 g/mol. The number of ether oxygens (including phenoxy) is 1. The summed E-state index contributed by atoms with van der Waals surface area (Å²) < 4.78 is 5.94. The van der Waals surface area contributed by atoms with Gasteiger partial charge in [-0.3, -0.25) is 24.1 Å². The van der Waals surface area contributed by atoms with Crippen molar-refractivity contribution < 1.29 is 38.3 Å². The third-order valence-corrected chi connectivity index (χ3v) is 10.0. The lowest BCUT2D eigenvalue weighted by Gasteiger charge is -2.47. The van der Waals surface area contributed by atoms with Gasteiger partial charge < -0.3 is 31.3 Å². The Balaban J connectivity index is 1.17. The molecule has 0 bridgehead atoms. The van der Waals surface area contributed by atoms with Crippen molar-refractivity contribution in [1.29, 1.82) is 0 Å². The lowest BCUT2D eigenvalue weighted by atomic mass is 9.72. The minimum atomic E-state index is -0.851. The fourth-order valence-corrected chi connectivity index (χ4v) is 7.28. The van der Waals surface area contributed by atoms with Crippen LogP contribution in [0.25, 0.3) is 0 Å². The zero-order valence-corrected chi connectivity index (χ0v) is 30.8. The molecule has 0 unspecified atom stereocenters. The number of nitrogens with one attached hydrogen (secondary N) is 3. The lowest BCUT2D eigenvalue weighted by Crippen LogP contribution is -2.60. The first-order valence-corrected chi connectivity index (χ1v) is 18.5. The second-order valence-corrected chi connectivity index (χ2v) is 15.3. The van der Waals surface area contributed by atoms with Gasteiger partial charge in [-0.1, -0.05) is 61.7 Å². The quantitative estimate of drug-likeness (QED) is 0.223. The van der Waals surface area contributed by atoms with Gasteiger partial charge in [0, 0.05) is 44.1 Å². The Labute approximate surface area is 310 Å². The van der Waals surface area contributed by atoms with Crippen LogP contribution in [0.2, 0.25) is 0 Å². The Morgan fingerprint density at radius 1 is 0.887 bits per heavy atom. The van der Waals surface area contributed by atoms with Crippen LogP contribution in [0.3, 0.4) is 0 Å². The van der Waals surface area contributed by atoms with Crippen molar-refractivity contribution in [2.24, 2.45) is 17.6 Å². The third-order valence-electron chi connectivity index (χ3n) is 10.0. The molecule has 2 aromatic rings. The largest absolute Gasteiger partial charge is 0.443 e. The van der Waals surface area contributed by atoms with Gasteiger partial charge in [0.15, 0.2) is 0 Å². The van der Waals surface area contributed by atoms with Crippen LogP contribution in [0.1, 0.15) is 87.2 Å². The number of alkyl carbamates (subject to hydrolysis) is 1. The number of piperidine rings is 1. The molecule has 0 spiro atoms. The maximum Gasteiger partial charge on any atom is 0.407 e. The highest BCUT2D eigenvalue weighted by Gasteiger charge is 2.42.